The molecular weight excluding hydrogens is 242 g/mol. The van der Waals surface area contributed by atoms with Crippen LogP contribution < -0.4 is 16.3 Å². The summed E-state index contributed by atoms with van der Waals surface area (Å²) in [6.45, 7) is 0. The van der Waals surface area contributed by atoms with Crippen LogP contribution in [0, 0.1) is 0 Å². The quantitative estimate of drug-likeness (QED) is 0.746. The maximum atomic E-state index is 12.1. The number of aromatic nitrogens is 2. The van der Waals surface area contributed by atoms with E-state index in [1.54, 1.807) is 39.3 Å². The Morgan fingerprint density at radius 2 is 1.88 bits per heavy atom. The first-order chi connectivity index (χ1) is 7.93. The monoisotopic (exact) mass is 253 g/mol. The molecule has 0 aliphatic heterocycles. The Labute approximate surface area is 102 Å². The van der Waals surface area contributed by atoms with Crippen LogP contribution in [0.25, 0.3) is 10.9 Å². The highest BCUT2D eigenvalue weighted by Gasteiger charge is 2.11. The van der Waals surface area contributed by atoms with Crippen molar-refractivity contribution in [2.45, 2.75) is 0 Å². The molecule has 0 aliphatic rings. The van der Waals surface area contributed by atoms with Crippen molar-refractivity contribution in [3.8, 4) is 0 Å². The Morgan fingerprint density at radius 1 is 1.24 bits per heavy atom. The van der Waals surface area contributed by atoms with Crippen molar-refractivity contribution in [1.82, 2.24) is 9.24 Å². The maximum Gasteiger partial charge on any atom is 0.350 e. The molecule has 0 spiro atoms. The minimum Gasteiger partial charge on any atom is -0.312 e. The van der Waals surface area contributed by atoms with Crippen LogP contribution in [-0.2, 0) is 7.05 Å². The van der Waals surface area contributed by atoms with E-state index in [2.05, 4.69) is 0 Å². The molecular formula is C11H12ClN3O2. The largest absolute Gasteiger partial charge is 0.350 e. The third-order valence-electron chi connectivity index (χ3n) is 2.61. The molecule has 0 fully saturated rings. The molecule has 2 rings (SSSR count). The number of hydrogen-bond donors (Lipinski definition) is 0. The fraction of sp³-hybridized carbons (Fsp3) is 0.273. The van der Waals surface area contributed by atoms with Gasteiger partial charge < -0.3 is 5.01 Å². The van der Waals surface area contributed by atoms with Crippen molar-refractivity contribution in [3.05, 3.63) is 44.1 Å². The van der Waals surface area contributed by atoms with Crippen LogP contribution in [0.15, 0.2) is 27.8 Å². The van der Waals surface area contributed by atoms with Crippen molar-refractivity contribution in [2.24, 2.45) is 7.05 Å². The lowest BCUT2D eigenvalue weighted by molar-refractivity contribution is 0.624. The summed E-state index contributed by atoms with van der Waals surface area (Å²) >= 11 is 5.86. The molecule has 1 aromatic carbocycles. The standard InChI is InChI=1S/C11H12ClN3O2/c1-13(2)15-10(16)8-5-4-7(12)6-9(8)14(3)11(15)17/h4-6H,1-3H3. The molecule has 0 saturated heterocycles. The smallest absolute Gasteiger partial charge is 0.312 e. The van der Waals surface area contributed by atoms with Gasteiger partial charge in [0.05, 0.1) is 10.9 Å². The predicted octanol–water partition coefficient (Wildman–Crippen LogP) is 0.551. The van der Waals surface area contributed by atoms with Gasteiger partial charge in [-0.05, 0) is 18.2 Å². The van der Waals surface area contributed by atoms with Crippen LogP contribution in [0.3, 0.4) is 0 Å². The van der Waals surface area contributed by atoms with Crippen LogP contribution in [0.4, 0.5) is 0 Å². The van der Waals surface area contributed by atoms with Crippen LogP contribution in [0.2, 0.25) is 5.02 Å². The summed E-state index contributed by atoms with van der Waals surface area (Å²) in [5, 5.41) is 2.42. The summed E-state index contributed by atoms with van der Waals surface area (Å²) in [6.07, 6.45) is 0. The highest BCUT2D eigenvalue weighted by Crippen LogP contribution is 2.14. The second kappa shape index (κ2) is 3.92. The zero-order valence-electron chi connectivity index (χ0n) is 9.77. The number of halogens is 1. The Morgan fingerprint density at radius 3 is 2.47 bits per heavy atom. The van der Waals surface area contributed by atoms with E-state index in [0.717, 1.165) is 4.68 Å². The summed E-state index contributed by atoms with van der Waals surface area (Å²) in [5.74, 6) is 0. The number of rotatable bonds is 1. The third kappa shape index (κ3) is 1.72. The van der Waals surface area contributed by atoms with Gasteiger partial charge in [0.25, 0.3) is 5.56 Å². The molecule has 6 heteroatoms. The lowest BCUT2D eigenvalue weighted by atomic mass is 10.2. The predicted molar refractivity (Wildman–Crippen MR) is 68.5 cm³/mol. The Balaban J connectivity index is 3.06. The maximum absolute atomic E-state index is 12.1. The fourth-order valence-corrected chi connectivity index (χ4v) is 1.93. The Hall–Kier alpha value is -1.75. The normalized spacial score (nSPS) is 10.8. The Kier molecular flexibility index (Phi) is 2.71. The van der Waals surface area contributed by atoms with E-state index in [9.17, 15) is 9.59 Å². The van der Waals surface area contributed by atoms with Crippen LogP contribution in [0.1, 0.15) is 0 Å². The lowest BCUT2D eigenvalue weighted by Gasteiger charge is -2.17. The molecule has 0 saturated carbocycles. The van der Waals surface area contributed by atoms with Crippen molar-refractivity contribution in [2.75, 3.05) is 19.1 Å². The molecule has 0 N–H and O–H groups in total. The van der Waals surface area contributed by atoms with Gasteiger partial charge in [-0.1, -0.05) is 11.6 Å². The molecule has 1 aromatic heterocycles. The van der Waals surface area contributed by atoms with Crippen molar-refractivity contribution in [3.63, 3.8) is 0 Å². The van der Waals surface area contributed by atoms with Gasteiger partial charge >= 0.3 is 5.69 Å². The van der Waals surface area contributed by atoms with E-state index in [0.29, 0.717) is 15.9 Å². The lowest BCUT2D eigenvalue weighted by Crippen LogP contribution is -2.48. The zero-order valence-corrected chi connectivity index (χ0v) is 10.5. The van der Waals surface area contributed by atoms with Crippen LogP contribution in [-0.4, -0.2) is 23.3 Å². The molecule has 0 aliphatic carbocycles. The zero-order chi connectivity index (χ0) is 12.7. The first-order valence-electron chi connectivity index (χ1n) is 5.02. The summed E-state index contributed by atoms with van der Waals surface area (Å²) in [7, 11) is 4.90. The Bertz CT molecular complexity index is 700. The van der Waals surface area contributed by atoms with Gasteiger partial charge in [-0.3, -0.25) is 9.36 Å². The van der Waals surface area contributed by atoms with Gasteiger partial charge in [-0.15, -0.1) is 0 Å². The molecule has 90 valence electrons. The fourth-order valence-electron chi connectivity index (χ4n) is 1.76. The number of nitrogens with zero attached hydrogens (tertiary/aromatic N) is 3. The van der Waals surface area contributed by atoms with Gasteiger partial charge in [-0.2, -0.15) is 4.68 Å². The second-order valence-electron chi connectivity index (χ2n) is 3.97. The molecule has 0 bridgehead atoms. The average molecular weight is 254 g/mol. The molecule has 0 unspecified atom stereocenters. The van der Waals surface area contributed by atoms with E-state index < -0.39 is 5.69 Å². The third-order valence-corrected chi connectivity index (χ3v) is 2.85. The molecule has 17 heavy (non-hydrogen) atoms. The van der Waals surface area contributed by atoms with E-state index >= 15 is 0 Å². The first kappa shape index (κ1) is 11.7. The second-order valence-corrected chi connectivity index (χ2v) is 4.40. The number of fused-ring (bicyclic) bond motifs is 1. The van der Waals surface area contributed by atoms with Crippen molar-refractivity contribution in [1.29, 1.82) is 0 Å². The summed E-state index contributed by atoms with van der Waals surface area (Å²) in [5.41, 5.74) is -0.204. The topological polar surface area (TPSA) is 47.2 Å². The van der Waals surface area contributed by atoms with Crippen molar-refractivity contribution < 1.29 is 0 Å². The minimum absolute atomic E-state index is 0.343. The molecule has 1 heterocycles. The highest BCUT2D eigenvalue weighted by molar-refractivity contribution is 6.31. The minimum atomic E-state index is -0.394. The van der Waals surface area contributed by atoms with Gasteiger partial charge in [0.2, 0.25) is 0 Å². The summed E-state index contributed by atoms with van der Waals surface area (Å²) in [4.78, 5) is 24.1. The van der Waals surface area contributed by atoms with Gasteiger partial charge in [0, 0.05) is 26.2 Å². The van der Waals surface area contributed by atoms with Gasteiger partial charge in [0.15, 0.2) is 0 Å². The molecule has 0 radical (unpaired) electrons. The van der Waals surface area contributed by atoms with Crippen LogP contribution in [0.5, 0.6) is 0 Å². The molecule has 0 atom stereocenters. The molecule has 2 aromatic rings. The van der Waals surface area contributed by atoms with E-state index in [-0.39, 0.29) is 5.56 Å². The van der Waals surface area contributed by atoms with Gasteiger partial charge in [0.1, 0.15) is 0 Å². The van der Waals surface area contributed by atoms with Crippen LogP contribution >= 0.6 is 11.6 Å². The van der Waals surface area contributed by atoms with E-state index in [1.807, 2.05) is 0 Å². The summed E-state index contributed by atoms with van der Waals surface area (Å²) in [6, 6.07) is 4.87. The van der Waals surface area contributed by atoms with Crippen molar-refractivity contribution >= 4 is 22.5 Å². The van der Waals surface area contributed by atoms with E-state index in [1.165, 1.54) is 9.58 Å². The first-order valence-corrected chi connectivity index (χ1v) is 5.40. The number of benzene rings is 1. The SMILES string of the molecule is CN(C)n1c(=O)c2ccc(Cl)cc2n(C)c1=O. The highest BCUT2D eigenvalue weighted by atomic mass is 35.5. The number of hydrogen-bond acceptors (Lipinski definition) is 3. The van der Waals surface area contributed by atoms with E-state index in [4.69, 9.17) is 11.6 Å². The average Bonchev–Trinajstić information content (AvgIpc) is 2.25. The summed E-state index contributed by atoms with van der Waals surface area (Å²) < 4.78 is 2.48. The van der Waals surface area contributed by atoms with Gasteiger partial charge in [-0.25, -0.2) is 4.79 Å². The number of aryl methyl sites for hydroxylation is 1. The molecule has 5 nitrogen and oxygen atoms in total. The molecule has 0 amide bonds.